The number of ether oxygens (including phenoxy) is 1. The standard InChI is InChI=1S/C19H26N4O/c1-5-20-19(23-13-17-15(3)7-6-10-21-17)22-12-16-9-8-14(2)11-18(16)24-4/h6-11H,5,12-13H2,1-4H3,(H2,20,22,23). The van der Waals surface area contributed by atoms with E-state index in [4.69, 9.17) is 4.74 Å². The molecule has 5 nitrogen and oxygen atoms in total. The van der Waals surface area contributed by atoms with Crippen molar-refractivity contribution < 1.29 is 4.74 Å². The molecule has 0 atom stereocenters. The Labute approximate surface area is 144 Å². The maximum Gasteiger partial charge on any atom is 0.191 e. The van der Waals surface area contributed by atoms with Gasteiger partial charge in [0.1, 0.15) is 5.75 Å². The van der Waals surface area contributed by atoms with E-state index in [1.807, 2.05) is 18.3 Å². The molecule has 0 amide bonds. The first-order valence-corrected chi connectivity index (χ1v) is 8.20. The second-order valence-electron chi connectivity index (χ2n) is 5.63. The van der Waals surface area contributed by atoms with Crippen LogP contribution in [0.3, 0.4) is 0 Å². The van der Waals surface area contributed by atoms with Crippen LogP contribution >= 0.6 is 0 Å². The predicted octanol–water partition coefficient (Wildman–Crippen LogP) is 2.96. The number of rotatable bonds is 6. The average Bonchev–Trinajstić information content (AvgIpc) is 2.59. The lowest BCUT2D eigenvalue weighted by Gasteiger charge is -2.13. The highest BCUT2D eigenvalue weighted by Gasteiger charge is 2.05. The number of guanidine groups is 1. The van der Waals surface area contributed by atoms with Gasteiger partial charge in [-0.3, -0.25) is 4.98 Å². The largest absolute Gasteiger partial charge is 0.496 e. The van der Waals surface area contributed by atoms with Crippen molar-refractivity contribution in [1.82, 2.24) is 15.6 Å². The zero-order valence-corrected chi connectivity index (χ0v) is 14.9. The van der Waals surface area contributed by atoms with Crippen molar-refractivity contribution in [2.75, 3.05) is 13.7 Å². The van der Waals surface area contributed by atoms with Gasteiger partial charge < -0.3 is 15.4 Å². The molecule has 0 spiro atoms. The number of hydrogen-bond donors (Lipinski definition) is 2. The second-order valence-corrected chi connectivity index (χ2v) is 5.63. The number of aromatic nitrogens is 1. The van der Waals surface area contributed by atoms with Crippen molar-refractivity contribution in [3.05, 3.63) is 58.9 Å². The van der Waals surface area contributed by atoms with E-state index in [0.29, 0.717) is 13.1 Å². The van der Waals surface area contributed by atoms with Gasteiger partial charge in [-0.05, 0) is 44.0 Å². The Kier molecular flexibility index (Phi) is 6.61. The summed E-state index contributed by atoms with van der Waals surface area (Å²) < 4.78 is 5.44. The van der Waals surface area contributed by atoms with Crippen LogP contribution < -0.4 is 15.4 Å². The molecule has 0 unspecified atom stereocenters. The summed E-state index contributed by atoms with van der Waals surface area (Å²) in [6, 6.07) is 10.2. The van der Waals surface area contributed by atoms with Crippen LogP contribution in [-0.2, 0) is 13.1 Å². The fourth-order valence-electron chi connectivity index (χ4n) is 2.36. The predicted molar refractivity (Wildman–Crippen MR) is 98.4 cm³/mol. The third-order valence-electron chi connectivity index (χ3n) is 3.74. The Hall–Kier alpha value is -2.56. The quantitative estimate of drug-likeness (QED) is 0.633. The molecule has 0 saturated heterocycles. The number of hydrogen-bond acceptors (Lipinski definition) is 3. The molecule has 0 aliphatic rings. The molecular weight excluding hydrogens is 300 g/mol. The summed E-state index contributed by atoms with van der Waals surface area (Å²) in [7, 11) is 1.69. The fraction of sp³-hybridized carbons (Fsp3) is 0.368. The summed E-state index contributed by atoms with van der Waals surface area (Å²) in [5, 5.41) is 6.59. The van der Waals surface area contributed by atoms with Crippen molar-refractivity contribution in [3.8, 4) is 5.75 Å². The lowest BCUT2D eigenvalue weighted by Crippen LogP contribution is -2.37. The highest BCUT2D eigenvalue weighted by Crippen LogP contribution is 2.20. The fourth-order valence-corrected chi connectivity index (χ4v) is 2.36. The van der Waals surface area contributed by atoms with Gasteiger partial charge in [0.25, 0.3) is 0 Å². The van der Waals surface area contributed by atoms with E-state index in [-0.39, 0.29) is 0 Å². The van der Waals surface area contributed by atoms with Crippen LogP contribution in [0.5, 0.6) is 5.75 Å². The lowest BCUT2D eigenvalue weighted by molar-refractivity contribution is 0.409. The number of pyridine rings is 1. The van der Waals surface area contributed by atoms with E-state index in [1.165, 1.54) is 11.1 Å². The maximum absolute atomic E-state index is 5.44. The Bertz CT molecular complexity index is 698. The smallest absolute Gasteiger partial charge is 0.191 e. The molecule has 0 saturated carbocycles. The highest BCUT2D eigenvalue weighted by atomic mass is 16.5. The lowest BCUT2D eigenvalue weighted by atomic mass is 10.1. The first-order chi connectivity index (χ1) is 11.6. The minimum absolute atomic E-state index is 0.556. The van der Waals surface area contributed by atoms with Crippen LogP contribution in [0.2, 0.25) is 0 Å². The van der Waals surface area contributed by atoms with Gasteiger partial charge in [-0.2, -0.15) is 0 Å². The van der Waals surface area contributed by atoms with E-state index >= 15 is 0 Å². The molecule has 128 valence electrons. The molecule has 0 aliphatic carbocycles. The van der Waals surface area contributed by atoms with Crippen LogP contribution in [0.15, 0.2) is 41.5 Å². The van der Waals surface area contributed by atoms with E-state index < -0.39 is 0 Å². The van der Waals surface area contributed by atoms with Gasteiger partial charge in [-0.25, -0.2) is 4.99 Å². The van der Waals surface area contributed by atoms with E-state index in [2.05, 4.69) is 59.6 Å². The van der Waals surface area contributed by atoms with Crippen LogP contribution in [0.25, 0.3) is 0 Å². The van der Waals surface area contributed by atoms with Crippen molar-refractivity contribution in [2.45, 2.75) is 33.9 Å². The summed E-state index contributed by atoms with van der Waals surface area (Å²) in [6.45, 7) is 8.17. The van der Waals surface area contributed by atoms with Gasteiger partial charge in [-0.1, -0.05) is 18.2 Å². The third-order valence-corrected chi connectivity index (χ3v) is 3.74. The Morgan fingerprint density at radius 1 is 1.21 bits per heavy atom. The van der Waals surface area contributed by atoms with Gasteiger partial charge in [0.15, 0.2) is 5.96 Å². The number of benzene rings is 1. The second kappa shape index (κ2) is 8.91. The van der Waals surface area contributed by atoms with Gasteiger partial charge in [-0.15, -0.1) is 0 Å². The average molecular weight is 326 g/mol. The molecule has 0 aliphatic heterocycles. The summed E-state index contributed by atoms with van der Waals surface area (Å²) in [4.78, 5) is 9.05. The van der Waals surface area contributed by atoms with Crippen LogP contribution in [0.1, 0.15) is 29.3 Å². The van der Waals surface area contributed by atoms with E-state index in [1.54, 1.807) is 7.11 Å². The summed E-state index contributed by atoms with van der Waals surface area (Å²) in [5.74, 6) is 1.64. The van der Waals surface area contributed by atoms with Crippen molar-refractivity contribution in [3.63, 3.8) is 0 Å². The number of aryl methyl sites for hydroxylation is 2. The molecule has 2 N–H and O–H groups in total. The molecule has 24 heavy (non-hydrogen) atoms. The number of nitrogens with zero attached hydrogens (tertiary/aromatic N) is 2. The van der Waals surface area contributed by atoms with Crippen LogP contribution in [0, 0.1) is 13.8 Å². The van der Waals surface area contributed by atoms with Gasteiger partial charge >= 0.3 is 0 Å². The van der Waals surface area contributed by atoms with Crippen LogP contribution in [-0.4, -0.2) is 24.6 Å². The first kappa shape index (κ1) is 17.8. The number of methoxy groups -OCH3 is 1. The first-order valence-electron chi connectivity index (χ1n) is 8.20. The Morgan fingerprint density at radius 3 is 2.75 bits per heavy atom. The molecule has 0 fully saturated rings. The highest BCUT2D eigenvalue weighted by molar-refractivity contribution is 5.79. The number of nitrogens with one attached hydrogen (secondary N) is 2. The monoisotopic (exact) mass is 326 g/mol. The minimum atomic E-state index is 0.556. The zero-order chi connectivity index (χ0) is 17.4. The van der Waals surface area contributed by atoms with Crippen molar-refractivity contribution >= 4 is 5.96 Å². The maximum atomic E-state index is 5.44. The molecular formula is C19H26N4O. The van der Waals surface area contributed by atoms with Crippen molar-refractivity contribution in [1.29, 1.82) is 0 Å². The zero-order valence-electron chi connectivity index (χ0n) is 14.9. The molecule has 0 bridgehead atoms. The van der Waals surface area contributed by atoms with Gasteiger partial charge in [0.2, 0.25) is 0 Å². The van der Waals surface area contributed by atoms with E-state index in [0.717, 1.165) is 29.5 Å². The minimum Gasteiger partial charge on any atom is -0.496 e. The molecule has 1 aromatic heterocycles. The van der Waals surface area contributed by atoms with Gasteiger partial charge in [0, 0.05) is 18.3 Å². The summed E-state index contributed by atoms with van der Waals surface area (Å²) >= 11 is 0. The summed E-state index contributed by atoms with van der Waals surface area (Å²) in [6.07, 6.45) is 1.81. The Balaban J connectivity index is 2.07. The van der Waals surface area contributed by atoms with Crippen LogP contribution in [0.4, 0.5) is 0 Å². The van der Waals surface area contributed by atoms with Crippen molar-refractivity contribution in [2.24, 2.45) is 4.99 Å². The van der Waals surface area contributed by atoms with Gasteiger partial charge in [0.05, 0.1) is 25.9 Å². The molecule has 2 aromatic rings. The Morgan fingerprint density at radius 2 is 2.04 bits per heavy atom. The normalized spacial score (nSPS) is 11.2. The molecule has 2 rings (SSSR count). The topological polar surface area (TPSA) is 58.5 Å². The molecule has 1 heterocycles. The number of aliphatic imine (C=N–C) groups is 1. The summed E-state index contributed by atoms with van der Waals surface area (Å²) in [5.41, 5.74) is 4.43. The SMILES string of the molecule is CCNC(=NCc1ccc(C)cc1OC)NCc1ncccc1C. The third kappa shape index (κ3) is 4.98. The molecule has 1 aromatic carbocycles. The molecule has 5 heteroatoms. The molecule has 0 radical (unpaired) electrons. The van der Waals surface area contributed by atoms with E-state index in [9.17, 15) is 0 Å².